The van der Waals surface area contributed by atoms with Crippen LogP contribution in [-0.2, 0) is 14.3 Å². The maximum atomic E-state index is 11.8. The number of alkyl carbamates (subject to hydrolysis) is 1. The summed E-state index contributed by atoms with van der Waals surface area (Å²) >= 11 is 0. The Morgan fingerprint density at radius 3 is 2.40 bits per heavy atom. The normalized spacial score (nSPS) is 26.6. The van der Waals surface area contributed by atoms with Gasteiger partial charge in [-0.15, -0.1) is 0 Å². The Morgan fingerprint density at radius 1 is 1.35 bits per heavy atom. The van der Waals surface area contributed by atoms with Crippen molar-refractivity contribution in [2.45, 2.75) is 77.2 Å². The third-order valence-corrected chi connectivity index (χ3v) is 3.08. The first-order chi connectivity index (χ1) is 9.04. The topological polar surface area (TPSA) is 84.9 Å². The molecule has 0 aromatic heterocycles. The molecule has 0 aliphatic heterocycles. The number of rotatable bonds is 4. The van der Waals surface area contributed by atoms with E-state index in [1.165, 1.54) is 0 Å². The average molecular weight is 287 g/mol. The van der Waals surface area contributed by atoms with Gasteiger partial charge in [0.15, 0.2) is 0 Å². The number of carbonyl (C=O) groups excluding carboxylic acids is 1. The second-order valence-electron chi connectivity index (χ2n) is 6.56. The van der Waals surface area contributed by atoms with Gasteiger partial charge in [-0.1, -0.05) is 0 Å². The van der Waals surface area contributed by atoms with Crippen LogP contribution in [0, 0.1) is 0 Å². The van der Waals surface area contributed by atoms with Gasteiger partial charge >= 0.3 is 12.1 Å². The average Bonchev–Trinajstić information content (AvgIpc) is 2.58. The van der Waals surface area contributed by atoms with Crippen molar-refractivity contribution >= 4 is 12.1 Å². The third-order valence-electron chi connectivity index (χ3n) is 3.08. The molecule has 6 heteroatoms. The van der Waals surface area contributed by atoms with Gasteiger partial charge < -0.3 is 19.9 Å². The zero-order valence-corrected chi connectivity index (χ0v) is 12.9. The van der Waals surface area contributed by atoms with E-state index in [0.29, 0.717) is 12.8 Å². The molecule has 0 bridgehead atoms. The number of hydrogen-bond acceptors (Lipinski definition) is 4. The molecule has 0 heterocycles. The predicted molar refractivity (Wildman–Crippen MR) is 73.6 cm³/mol. The Kier molecular flexibility index (Phi) is 5.02. The largest absolute Gasteiger partial charge is 0.480 e. The highest BCUT2D eigenvalue weighted by molar-refractivity contribution is 5.85. The zero-order chi connectivity index (χ0) is 15.6. The minimum Gasteiger partial charge on any atom is -0.480 e. The van der Waals surface area contributed by atoms with Gasteiger partial charge in [-0.25, -0.2) is 9.59 Å². The second-order valence-corrected chi connectivity index (χ2v) is 6.56. The molecular formula is C14H25NO5. The third kappa shape index (κ3) is 4.67. The Morgan fingerprint density at radius 2 is 1.95 bits per heavy atom. The maximum absolute atomic E-state index is 11.8. The van der Waals surface area contributed by atoms with Gasteiger partial charge in [-0.2, -0.15) is 0 Å². The van der Waals surface area contributed by atoms with Crippen molar-refractivity contribution in [2.24, 2.45) is 0 Å². The van der Waals surface area contributed by atoms with Crippen LogP contribution in [0.4, 0.5) is 4.79 Å². The molecule has 20 heavy (non-hydrogen) atoms. The van der Waals surface area contributed by atoms with E-state index in [1.807, 2.05) is 13.8 Å². The molecule has 1 rings (SSSR count). The zero-order valence-electron chi connectivity index (χ0n) is 12.9. The molecule has 1 aliphatic rings. The first kappa shape index (κ1) is 16.8. The van der Waals surface area contributed by atoms with Crippen molar-refractivity contribution < 1.29 is 24.2 Å². The summed E-state index contributed by atoms with van der Waals surface area (Å²) in [6, 6.07) is 0. The lowest BCUT2D eigenvalue weighted by atomic mass is 9.98. The maximum Gasteiger partial charge on any atom is 0.408 e. The van der Waals surface area contributed by atoms with Gasteiger partial charge in [0.25, 0.3) is 0 Å². The summed E-state index contributed by atoms with van der Waals surface area (Å²) in [5, 5.41) is 11.9. The van der Waals surface area contributed by atoms with Crippen molar-refractivity contribution in [3.05, 3.63) is 0 Å². The molecule has 0 aromatic rings. The number of carboxylic acid groups (broad SMARTS) is 1. The number of hydrogen-bond donors (Lipinski definition) is 2. The Hall–Kier alpha value is -1.30. The number of carbonyl (C=O) groups is 2. The number of carboxylic acids is 1. The summed E-state index contributed by atoms with van der Waals surface area (Å²) in [4.78, 5) is 23.3. The first-order valence-corrected chi connectivity index (χ1v) is 6.94. The van der Waals surface area contributed by atoms with Crippen LogP contribution in [0.25, 0.3) is 0 Å². The molecule has 1 aliphatic carbocycles. The Bertz CT molecular complexity index is 374. The Balaban J connectivity index is 2.71. The van der Waals surface area contributed by atoms with Crippen LogP contribution in [0.3, 0.4) is 0 Å². The van der Waals surface area contributed by atoms with Crippen molar-refractivity contribution in [3.8, 4) is 0 Å². The number of nitrogens with one attached hydrogen (secondary N) is 1. The highest BCUT2D eigenvalue weighted by Gasteiger charge is 2.48. The van der Waals surface area contributed by atoms with Gasteiger partial charge in [0, 0.05) is 6.42 Å². The monoisotopic (exact) mass is 287 g/mol. The summed E-state index contributed by atoms with van der Waals surface area (Å²) in [5.74, 6) is -1.04. The van der Waals surface area contributed by atoms with E-state index in [9.17, 15) is 14.7 Å². The van der Waals surface area contributed by atoms with E-state index in [1.54, 1.807) is 20.8 Å². The fourth-order valence-electron chi connectivity index (χ4n) is 2.36. The SMILES string of the molecule is CC(C)OC1CCC(NC(=O)OC(C)(C)C)(C(=O)O)C1. The van der Waals surface area contributed by atoms with Crippen LogP contribution in [-0.4, -0.2) is 40.5 Å². The molecule has 0 spiro atoms. The molecule has 2 unspecified atom stereocenters. The minimum absolute atomic E-state index is 0.0334. The van der Waals surface area contributed by atoms with Gasteiger partial charge in [0.05, 0.1) is 12.2 Å². The molecule has 116 valence electrons. The van der Waals surface area contributed by atoms with E-state index in [0.717, 1.165) is 0 Å². The van der Waals surface area contributed by atoms with Crippen LogP contribution in [0.2, 0.25) is 0 Å². The molecular weight excluding hydrogens is 262 g/mol. The number of aliphatic carboxylic acids is 1. The van der Waals surface area contributed by atoms with Crippen LogP contribution < -0.4 is 5.32 Å². The lowest BCUT2D eigenvalue weighted by Gasteiger charge is -2.28. The molecule has 1 saturated carbocycles. The lowest BCUT2D eigenvalue weighted by molar-refractivity contribution is -0.145. The van der Waals surface area contributed by atoms with E-state index in [-0.39, 0.29) is 18.6 Å². The van der Waals surface area contributed by atoms with Gasteiger partial charge in [0.2, 0.25) is 0 Å². The molecule has 1 fully saturated rings. The van der Waals surface area contributed by atoms with E-state index >= 15 is 0 Å². The fourth-order valence-corrected chi connectivity index (χ4v) is 2.36. The summed E-state index contributed by atoms with van der Waals surface area (Å²) in [6.45, 7) is 9.02. The van der Waals surface area contributed by atoms with Crippen LogP contribution in [0.1, 0.15) is 53.9 Å². The standard InChI is InChI=1S/C14H25NO5/c1-9(2)19-10-6-7-14(8-10,11(16)17)15-12(18)20-13(3,4)5/h9-10H,6-8H2,1-5H3,(H,15,18)(H,16,17). The number of amides is 1. The van der Waals surface area contributed by atoms with E-state index < -0.39 is 23.2 Å². The molecule has 0 saturated heterocycles. The van der Waals surface area contributed by atoms with Crippen molar-refractivity contribution in [2.75, 3.05) is 0 Å². The summed E-state index contributed by atoms with van der Waals surface area (Å²) < 4.78 is 10.8. The molecule has 2 atom stereocenters. The van der Waals surface area contributed by atoms with Gasteiger partial charge in [-0.05, 0) is 47.5 Å². The Labute approximate surface area is 119 Å². The summed E-state index contributed by atoms with van der Waals surface area (Å²) in [6.07, 6.45) is 0.399. The summed E-state index contributed by atoms with van der Waals surface area (Å²) in [7, 11) is 0. The minimum atomic E-state index is -1.29. The second kappa shape index (κ2) is 5.99. The van der Waals surface area contributed by atoms with Gasteiger partial charge in [0.1, 0.15) is 11.1 Å². The van der Waals surface area contributed by atoms with Crippen LogP contribution in [0.5, 0.6) is 0 Å². The molecule has 0 aromatic carbocycles. The lowest BCUT2D eigenvalue weighted by Crippen LogP contribution is -2.54. The molecule has 0 radical (unpaired) electrons. The fraction of sp³-hybridized carbons (Fsp3) is 0.857. The smallest absolute Gasteiger partial charge is 0.408 e. The van der Waals surface area contributed by atoms with E-state index in [2.05, 4.69) is 5.32 Å². The van der Waals surface area contributed by atoms with Crippen LogP contribution >= 0.6 is 0 Å². The molecule has 1 amide bonds. The van der Waals surface area contributed by atoms with Gasteiger partial charge in [-0.3, -0.25) is 0 Å². The quantitative estimate of drug-likeness (QED) is 0.828. The molecule has 6 nitrogen and oxygen atoms in total. The van der Waals surface area contributed by atoms with Crippen LogP contribution in [0.15, 0.2) is 0 Å². The van der Waals surface area contributed by atoms with Crippen molar-refractivity contribution in [3.63, 3.8) is 0 Å². The highest BCUT2D eigenvalue weighted by atomic mass is 16.6. The first-order valence-electron chi connectivity index (χ1n) is 6.94. The van der Waals surface area contributed by atoms with Crippen molar-refractivity contribution in [1.82, 2.24) is 5.32 Å². The van der Waals surface area contributed by atoms with Crippen molar-refractivity contribution in [1.29, 1.82) is 0 Å². The predicted octanol–water partition coefficient (Wildman–Crippen LogP) is 2.31. The molecule has 2 N–H and O–H groups in total. The van der Waals surface area contributed by atoms with E-state index in [4.69, 9.17) is 9.47 Å². The number of ether oxygens (including phenoxy) is 2. The summed E-state index contributed by atoms with van der Waals surface area (Å²) in [5.41, 5.74) is -1.95. The highest BCUT2D eigenvalue weighted by Crippen LogP contribution is 2.33.